The van der Waals surface area contributed by atoms with Gasteiger partial charge < -0.3 is 19.5 Å². The van der Waals surface area contributed by atoms with Gasteiger partial charge in [0.2, 0.25) is 0 Å². The Hall–Kier alpha value is -5.05. The molecule has 0 atom stereocenters. The molecule has 1 aliphatic heterocycles. The van der Waals surface area contributed by atoms with Crippen molar-refractivity contribution < 1.29 is 17.9 Å². The summed E-state index contributed by atoms with van der Waals surface area (Å²) < 4.78 is 42.8. The number of fused-ring (bicyclic) bond motifs is 5. The number of rotatable bonds is 3. The molecule has 234 valence electrons. The van der Waals surface area contributed by atoms with Crippen LogP contribution in [-0.4, -0.2) is 42.5 Å². The molecule has 0 radical (unpaired) electrons. The molecule has 1 N–H and O–H groups in total. The monoisotopic (exact) mass is 622 g/mol. The molecule has 2 aliphatic carbocycles. The summed E-state index contributed by atoms with van der Waals surface area (Å²) in [7, 11) is 0. The lowest BCUT2D eigenvalue weighted by molar-refractivity contribution is -0.274. The number of hydrogen-bond donors (Lipinski definition) is 1. The zero-order valence-corrected chi connectivity index (χ0v) is 25.2. The molecule has 2 heterocycles. The lowest BCUT2D eigenvalue weighted by Gasteiger charge is -2.38. The minimum atomic E-state index is -4.70. The van der Waals surface area contributed by atoms with Gasteiger partial charge in [0, 0.05) is 31.9 Å². The van der Waals surface area contributed by atoms with Gasteiger partial charge in [-0.2, -0.15) is 0 Å². The van der Waals surface area contributed by atoms with Crippen LogP contribution >= 0.6 is 0 Å². The number of anilines is 2. The van der Waals surface area contributed by atoms with Gasteiger partial charge in [-0.15, -0.1) is 13.2 Å². The molecule has 8 rings (SSSR count). The molecule has 0 amide bonds. The fourth-order valence-electron chi connectivity index (χ4n) is 6.78. The van der Waals surface area contributed by atoms with Crippen LogP contribution in [0, 0.1) is 0 Å². The van der Waals surface area contributed by atoms with Crippen LogP contribution in [-0.2, 0) is 6.42 Å². The minimum Gasteiger partial charge on any atom is -0.404 e. The summed E-state index contributed by atoms with van der Waals surface area (Å²) >= 11 is 0. The molecule has 5 aromatic rings. The van der Waals surface area contributed by atoms with Crippen LogP contribution in [0.25, 0.3) is 27.2 Å². The molecule has 1 saturated heterocycles. The molecular weight excluding hydrogens is 589 g/mol. The number of nitrogens with zero attached hydrogens (tertiary/aromatic N) is 3. The number of halogens is 3. The third kappa shape index (κ3) is 6.09. The van der Waals surface area contributed by atoms with Crippen LogP contribution in [0.5, 0.6) is 5.75 Å². The molecule has 46 heavy (non-hydrogen) atoms. The SMILES string of the molecule is FC(F)(F)Oc1ccccc1N1CCN(c2ccc3c4c(ccc3c2)C2=C(CCC=C2)CC4)CC1.O=c1[nH]cnc2ccccc12. The average molecular weight is 623 g/mol. The second-order valence-corrected chi connectivity index (χ2v) is 11.7. The van der Waals surface area contributed by atoms with Crippen molar-refractivity contribution in [1.82, 2.24) is 9.97 Å². The summed E-state index contributed by atoms with van der Waals surface area (Å²) in [6.07, 6.45) is 5.87. The van der Waals surface area contributed by atoms with E-state index in [9.17, 15) is 18.0 Å². The number of H-pyrrole nitrogens is 1. The Morgan fingerprint density at radius 1 is 0.804 bits per heavy atom. The Morgan fingerprint density at radius 3 is 2.41 bits per heavy atom. The molecule has 3 aliphatic rings. The number of piperazine rings is 1. The van der Waals surface area contributed by atoms with Gasteiger partial charge in [-0.3, -0.25) is 4.79 Å². The molecule has 0 unspecified atom stereocenters. The molecule has 0 saturated carbocycles. The van der Waals surface area contributed by atoms with Gasteiger partial charge in [0.05, 0.1) is 22.9 Å². The van der Waals surface area contributed by atoms with Crippen LogP contribution in [0.3, 0.4) is 0 Å². The van der Waals surface area contributed by atoms with Gasteiger partial charge in [0.1, 0.15) is 0 Å². The van der Waals surface area contributed by atoms with Crippen molar-refractivity contribution in [2.75, 3.05) is 36.0 Å². The van der Waals surface area contributed by atoms with E-state index in [4.69, 9.17) is 0 Å². The molecule has 1 fully saturated rings. The van der Waals surface area contributed by atoms with E-state index in [1.165, 1.54) is 46.3 Å². The molecule has 0 bridgehead atoms. The van der Waals surface area contributed by atoms with Crippen molar-refractivity contribution in [2.24, 2.45) is 0 Å². The maximum atomic E-state index is 12.8. The summed E-state index contributed by atoms with van der Waals surface area (Å²) in [6, 6.07) is 24.8. The third-order valence-electron chi connectivity index (χ3n) is 8.98. The Kier molecular flexibility index (Phi) is 7.98. The first-order chi connectivity index (χ1) is 22.3. The van der Waals surface area contributed by atoms with Crippen molar-refractivity contribution in [3.05, 3.63) is 124 Å². The Morgan fingerprint density at radius 2 is 1.59 bits per heavy atom. The van der Waals surface area contributed by atoms with Gasteiger partial charge in [-0.1, -0.05) is 60.2 Å². The number of ether oxygens (including phenoxy) is 1. The quantitative estimate of drug-likeness (QED) is 0.221. The molecule has 0 spiro atoms. The predicted molar refractivity (Wildman–Crippen MR) is 177 cm³/mol. The zero-order chi connectivity index (χ0) is 31.7. The first-order valence-electron chi connectivity index (χ1n) is 15.6. The summed E-state index contributed by atoms with van der Waals surface area (Å²) in [6.45, 7) is 2.73. The highest BCUT2D eigenvalue weighted by Gasteiger charge is 2.33. The largest absolute Gasteiger partial charge is 0.573 e. The van der Waals surface area contributed by atoms with Crippen LogP contribution in [0.4, 0.5) is 24.5 Å². The second-order valence-electron chi connectivity index (χ2n) is 11.7. The van der Waals surface area contributed by atoms with Gasteiger partial charge in [-0.25, -0.2) is 4.98 Å². The van der Waals surface area contributed by atoms with Gasteiger partial charge in [-0.05, 0) is 89.6 Å². The van der Waals surface area contributed by atoms with Crippen molar-refractivity contribution in [2.45, 2.75) is 32.0 Å². The van der Waals surface area contributed by atoms with E-state index in [1.807, 2.05) is 23.1 Å². The van der Waals surface area contributed by atoms with E-state index in [0.29, 0.717) is 24.2 Å². The van der Waals surface area contributed by atoms with Crippen molar-refractivity contribution in [1.29, 1.82) is 0 Å². The minimum absolute atomic E-state index is 0.0874. The number of alkyl halides is 3. The Balaban J connectivity index is 0.000000259. The van der Waals surface area contributed by atoms with Gasteiger partial charge in [0.15, 0.2) is 5.75 Å². The number of aromatic nitrogens is 2. The normalized spacial score (nSPS) is 16.2. The average Bonchev–Trinajstić information content (AvgIpc) is 3.08. The van der Waals surface area contributed by atoms with E-state index in [0.717, 1.165) is 43.6 Å². The lowest BCUT2D eigenvalue weighted by atomic mass is 9.79. The smallest absolute Gasteiger partial charge is 0.404 e. The van der Waals surface area contributed by atoms with E-state index in [2.05, 4.69) is 62.1 Å². The molecule has 4 aromatic carbocycles. The number of benzene rings is 4. The number of aromatic amines is 1. The third-order valence-corrected chi connectivity index (χ3v) is 8.98. The molecule has 6 nitrogen and oxygen atoms in total. The summed E-state index contributed by atoms with van der Waals surface area (Å²) in [5.41, 5.74) is 8.14. The Labute approximate surface area is 264 Å². The van der Waals surface area contributed by atoms with E-state index in [1.54, 1.807) is 29.8 Å². The highest BCUT2D eigenvalue weighted by Crippen LogP contribution is 2.41. The van der Waals surface area contributed by atoms with Crippen LogP contribution < -0.4 is 20.1 Å². The number of para-hydroxylation sites is 3. The summed E-state index contributed by atoms with van der Waals surface area (Å²) in [5.74, 6) is -0.144. The number of nitrogens with one attached hydrogen (secondary N) is 1. The number of allylic oxidation sites excluding steroid dienone is 4. The van der Waals surface area contributed by atoms with Crippen LogP contribution in [0.2, 0.25) is 0 Å². The molecule has 1 aromatic heterocycles. The van der Waals surface area contributed by atoms with Crippen molar-refractivity contribution in [3.63, 3.8) is 0 Å². The van der Waals surface area contributed by atoms with Crippen LogP contribution in [0.15, 0.2) is 108 Å². The maximum absolute atomic E-state index is 12.8. The van der Waals surface area contributed by atoms with Gasteiger partial charge in [0.25, 0.3) is 5.56 Å². The van der Waals surface area contributed by atoms with E-state index in [-0.39, 0.29) is 11.3 Å². The second kappa shape index (κ2) is 12.4. The first-order valence-corrected chi connectivity index (χ1v) is 15.6. The fraction of sp³-hybridized carbons (Fsp3) is 0.243. The molecule has 9 heteroatoms. The van der Waals surface area contributed by atoms with Gasteiger partial charge >= 0.3 is 6.36 Å². The van der Waals surface area contributed by atoms with Crippen molar-refractivity contribution in [3.8, 4) is 5.75 Å². The molecular formula is C37H33F3N4O2. The van der Waals surface area contributed by atoms with E-state index < -0.39 is 6.36 Å². The van der Waals surface area contributed by atoms with E-state index >= 15 is 0 Å². The number of hydrogen-bond acceptors (Lipinski definition) is 5. The van der Waals surface area contributed by atoms with Crippen LogP contribution in [0.1, 0.15) is 30.4 Å². The summed E-state index contributed by atoms with van der Waals surface area (Å²) in [4.78, 5) is 21.9. The standard InChI is InChI=1S/C29H27F3N2O.C8H6N2O/c30-29(31,32)35-28-8-4-3-7-27(28)34-17-15-33(16-18-34)22-11-14-24-21(19-22)10-13-25-23-6-2-1-5-20(23)9-12-26(24)25;11-8-6-3-1-2-4-7(6)9-5-10-8/h2-4,6-8,10-11,13-14,19H,1,5,9,12,15-18H2;1-5H,(H,9,10,11). The predicted octanol–water partition coefficient (Wildman–Crippen LogP) is 8.04. The summed E-state index contributed by atoms with van der Waals surface area (Å²) in [5, 5.41) is 3.21. The topological polar surface area (TPSA) is 61.5 Å². The lowest BCUT2D eigenvalue weighted by Crippen LogP contribution is -2.46. The highest BCUT2D eigenvalue weighted by atomic mass is 19.4. The Bertz CT molecular complexity index is 2020. The fourth-order valence-corrected chi connectivity index (χ4v) is 6.78. The number of aryl methyl sites for hydroxylation is 1. The highest BCUT2D eigenvalue weighted by molar-refractivity contribution is 5.95. The first kappa shape index (κ1) is 29.6. The maximum Gasteiger partial charge on any atom is 0.573 e. The zero-order valence-electron chi connectivity index (χ0n) is 25.2. The van der Waals surface area contributed by atoms with Crippen molar-refractivity contribution >= 4 is 38.6 Å².